The summed E-state index contributed by atoms with van der Waals surface area (Å²) in [5.74, 6) is -2.61. The van der Waals surface area contributed by atoms with E-state index in [1.807, 2.05) is 19.9 Å². The molecule has 39 heavy (non-hydrogen) atoms. The van der Waals surface area contributed by atoms with Crippen molar-refractivity contribution in [3.05, 3.63) is 52.3 Å². The zero-order chi connectivity index (χ0) is 28.6. The second-order valence-electron chi connectivity index (χ2n) is 11.9. The Bertz CT molecular complexity index is 1170. The van der Waals surface area contributed by atoms with Crippen LogP contribution in [0.2, 0.25) is 25.7 Å². The van der Waals surface area contributed by atoms with Gasteiger partial charge in [-0.25, -0.2) is 4.79 Å². The molecule has 0 bridgehead atoms. The number of nitrogens with one attached hydrogen (secondary N) is 2. The molecule has 0 radical (unpaired) electrons. The van der Waals surface area contributed by atoms with Crippen molar-refractivity contribution in [3.63, 3.8) is 0 Å². The third kappa shape index (κ3) is 9.28. The number of carbonyl (C=O) groups excluding carboxylic acids is 3. The molecule has 1 aliphatic carbocycles. The number of amides is 2. The topological polar surface area (TPSA) is 133 Å². The third-order valence-corrected chi connectivity index (χ3v) is 8.53. The van der Waals surface area contributed by atoms with Gasteiger partial charge in [0, 0.05) is 26.3 Å². The fraction of sp³-hybridized carbons (Fsp3) is 0.607. The molecule has 11 heteroatoms. The van der Waals surface area contributed by atoms with Crippen molar-refractivity contribution in [3.8, 4) is 0 Å². The standard InChI is InChI=1S/C28H42N4O6Si/c1-19(2)17-23(24(33)27-31-32(28(36)38-27)18-37-15-16-39(3,4)5)30-26(35)21-13-9-10-14-22(21)29-25(34)20-11-7-6-8-12-20/h6-8,11-12,19,21-23H,9-10,13-18H2,1-5H3,(H,29,34)(H,30,35)/t21-,22+,23-/m0/s1. The van der Waals surface area contributed by atoms with Gasteiger partial charge in [-0.15, -0.1) is 5.10 Å². The van der Waals surface area contributed by atoms with E-state index < -0.39 is 31.6 Å². The van der Waals surface area contributed by atoms with Gasteiger partial charge in [0.1, 0.15) is 6.73 Å². The Balaban J connectivity index is 1.68. The monoisotopic (exact) mass is 558 g/mol. The van der Waals surface area contributed by atoms with E-state index in [1.54, 1.807) is 24.3 Å². The molecular weight excluding hydrogens is 516 g/mol. The van der Waals surface area contributed by atoms with Gasteiger partial charge in [0.25, 0.3) is 11.8 Å². The number of ether oxygens (including phenoxy) is 1. The van der Waals surface area contributed by atoms with Gasteiger partial charge in [-0.1, -0.05) is 64.5 Å². The summed E-state index contributed by atoms with van der Waals surface area (Å²) in [7, 11) is -1.29. The van der Waals surface area contributed by atoms with Gasteiger partial charge in [0.2, 0.25) is 11.7 Å². The number of hydrogen-bond donors (Lipinski definition) is 2. The highest BCUT2D eigenvalue weighted by Crippen LogP contribution is 2.26. The van der Waals surface area contributed by atoms with Crippen molar-refractivity contribution in [1.29, 1.82) is 0 Å². The summed E-state index contributed by atoms with van der Waals surface area (Å²) < 4.78 is 11.7. The van der Waals surface area contributed by atoms with Crippen LogP contribution < -0.4 is 16.4 Å². The molecule has 10 nitrogen and oxygen atoms in total. The number of carbonyl (C=O) groups is 3. The molecule has 3 atom stereocenters. The van der Waals surface area contributed by atoms with Gasteiger partial charge in [0.05, 0.1) is 12.0 Å². The molecule has 3 rings (SSSR count). The minimum atomic E-state index is -1.29. The second-order valence-corrected chi connectivity index (χ2v) is 17.5. The Morgan fingerprint density at radius 3 is 2.49 bits per heavy atom. The summed E-state index contributed by atoms with van der Waals surface area (Å²) in [5.41, 5.74) is 0.533. The lowest BCUT2D eigenvalue weighted by Gasteiger charge is -2.32. The molecular formula is C28H42N4O6Si. The molecule has 2 aromatic rings. The Labute approximate surface area is 230 Å². The molecule has 2 amide bonds. The number of rotatable bonds is 13. The summed E-state index contributed by atoms with van der Waals surface area (Å²) in [6, 6.07) is 8.57. The average Bonchev–Trinajstić information content (AvgIpc) is 3.26. The molecule has 1 heterocycles. The van der Waals surface area contributed by atoms with Crippen LogP contribution in [-0.4, -0.2) is 54.1 Å². The molecule has 0 spiro atoms. The van der Waals surface area contributed by atoms with E-state index in [0.717, 1.165) is 23.6 Å². The zero-order valence-corrected chi connectivity index (χ0v) is 24.7. The van der Waals surface area contributed by atoms with Gasteiger partial charge < -0.3 is 19.8 Å². The second kappa shape index (κ2) is 13.8. The van der Waals surface area contributed by atoms with Crippen LogP contribution in [0, 0.1) is 11.8 Å². The van der Waals surface area contributed by atoms with Gasteiger partial charge in [-0.05, 0) is 43.4 Å². The minimum Gasteiger partial charge on any atom is -0.384 e. The van der Waals surface area contributed by atoms with Crippen LogP contribution in [-0.2, 0) is 16.3 Å². The zero-order valence-electron chi connectivity index (χ0n) is 23.7. The van der Waals surface area contributed by atoms with Crippen molar-refractivity contribution in [2.75, 3.05) is 6.61 Å². The van der Waals surface area contributed by atoms with Crippen LogP contribution in [0.4, 0.5) is 0 Å². The van der Waals surface area contributed by atoms with Gasteiger partial charge in [0.15, 0.2) is 0 Å². The first-order valence-corrected chi connectivity index (χ1v) is 17.5. The number of nitrogens with zero attached hydrogens (tertiary/aromatic N) is 2. The number of ketones is 1. The van der Waals surface area contributed by atoms with E-state index in [-0.39, 0.29) is 36.4 Å². The number of hydrogen-bond acceptors (Lipinski definition) is 7. The van der Waals surface area contributed by atoms with Gasteiger partial charge in [-0.3, -0.25) is 14.4 Å². The molecule has 1 aliphatic rings. The molecule has 214 valence electrons. The summed E-state index contributed by atoms with van der Waals surface area (Å²) in [4.78, 5) is 51.8. The molecule has 0 aliphatic heterocycles. The number of aromatic nitrogens is 2. The molecule has 1 fully saturated rings. The van der Waals surface area contributed by atoms with Gasteiger partial charge in [-0.2, -0.15) is 4.68 Å². The normalized spacial score (nSPS) is 18.5. The molecule has 1 saturated carbocycles. The number of benzene rings is 1. The lowest BCUT2D eigenvalue weighted by molar-refractivity contribution is -0.127. The summed E-state index contributed by atoms with van der Waals surface area (Å²) in [5, 5.41) is 9.94. The van der Waals surface area contributed by atoms with Crippen molar-refractivity contribution in [2.24, 2.45) is 11.8 Å². The first kappa shape index (κ1) is 30.5. The van der Waals surface area contributed by atoms with E-state index in [9.17, 15) is 19.2 Å². The van der Waals surface area contributed by atoms with E-state index in [1.165, 1.54) is 0 Å². The fourth-order valence-corrected chi connectivity index (χ4v) is 5.36. The Morgan fingerprint density at radius 2 is 1.82 bits per heavy atom. The highest BCUT2D eigenvalue weighted by atomic mass is 28.3. The summed E-state index contributed by atoms with van der Waals surface area (Å²) >= 11 is 0. The fourth-order valence-electron chi connectivity index (χ4n) is 4.61. The van der Waals surface area contributed by atoms with Crippen molar-refractivity contribution < 1.29 is 23.5 Å². The Kier molecular flexibility index (Phi) is 10.8. The predicted octanol–water partition coefficient (Wildman–Crippen LogP) is 3.85. The summed E-state index contributed by atoms with van der Waals surface area (Å²) in [6.07, 6.45) is 3.39. The lowest BCUT2D eigenvalue weighted by atomic mass is 9.83. The number of Topliss-reactive ketones (excluding diaryl/α,β-unsaturated/α-hetero) is 1. The molecule has 0 unspecified atom stereocenters. The van der Waals surface area contributed by atoms with Crippen molar-refractivity contribution in [1.82, 2.24) is 20.4 Å². The summed E-state index contributed by atoms with van der Waals surface area (Å²) in [6.45, 7) is 11.0. The van der Waals surface area contributed by atoms with Crippen LogP contribution in [0.25, 0.3) is 0 Å². The van der Waals surface area contributed by atoms with Crippen molar-refractivity contribution in [2.45, 2.75) is 90.5 Å². The van der Waals surface area contributed by atoms with Crippen molar-refractivity contribution >= 4 is 25.7 Å². The predicted molar refractivity (Wildman–Crippen MR) is 150 cm³/mol. The van der Waals surface area contributed by atoms with Crippen LogP contribution in [0.1, 0.15) is 67.0 Å². The maximum Gasteiger partial charge on any atom is 0.439 e. The first-order chi connectivity index (χ1) is 18.4. The Morgan fingerprint density at radius 1 is 1.13 bits per heavy atom. The van der Waals surface area contributed by atoms with Crippen LogP contribution in [0.3, 0.4) is 0 Å². The third-order valence-electron chi connectivity index (χ3n) is 6.82. The molecule has 1 aromatic carbocycles. The van der Waals surface area contributed by atoms with Gasteiger partial charge >= 0.3 is 5.76 Å². The highest BCUT2D eigenvalue weighted by Gasteiger charge is 2.35. The quantitative estimate of drug-likeness (QED) is 0.217. The lowest BCUT2D eigenvalue weighted by Crippen LogP contribution is -2.52. The molecule has 1 aromatic heterocycles. The molecule has 0 saturated heterocycles. The first-order valence-electron chi connectivity index (χ1n) is 13.8. The molecule has 2 N–H and O–H groups in total. The Hall–Kier alpha value is -3.05. The smallest absolute Gasteiger partial charge is 0.384 e. The highest BCUT2D eigenvalue weighted by molar-refractivity contribution is 6.76. The SMILES string of the molecule is CC(C)C[C@H](NC(=O)[C@H]1CCCC[C@H]1NC(=O)c1ccccc1)C(=O)c1nn(COCC[Si](C)(C)C)c(=O)o1. The minimum absolute atomic E-state index is 0.0814. The van der Waals surface area contributed by atoms with Crippen LogP contribution in [0.5, 0.6) is 0 Å². The average molecular weight is 559 g/mol. The largest absolute Gasteiger partial charge is 0.439 e. The van der Waals surface area contributed by atoms with E-state index >= 15 is 0 Å². The van der Waals surface area contributed by atoms with E-state index in [4.69, 9.17) is 9.15 Å². The maximum absolute atomic E-state index is 13.4. The van der Waals surface area contributed by atoms with Crippen LogP contribution in [0.15, 0.2) is 39.5 Å². The maximum atomic E-state index is 13.4. The van der Waals surface area contributed by atoms with E-state index in [2.05, 4.69) is 35.4 Å². The van der Waals surface area contributed by atoms with E-state index in [0.29, 0.717) is 31.4 Å². The van der Waals surface area contributed by atoms with Crippen LogP contribution >= 0.6 is 0 Å².